The highest BCUT2D eigenvalue weighted by Crippen LogP contribution is 2.43. The minimum atomic E-state index is -1.60. The van der Waals surface area contributed by atoms with Crippen LogP contribution in [-0.4, -0.2) is 34.1 Å². The quantitative estimate of drug-likeness (QED) is 0.661. The summed E-state index contributed by atoms with van der Waals surface area (Å²) in [4.78, 5) is 32.1. The van der Waals surface area contributed by atoms with Gasteiger partial charge in [-0.05, 0) is 18.8 Å². The summed E-state index contributed by atoms with van der Waals surface area (Å²) in [6.07, 6.45) is 5.94. The van der Waals surface area contributed by atoms with E-state index in [0.29, 0.717) is 18.5 Å². The number of methoxy groups -OCH3 is 1. The molecule has 1 saturated carbocycles. The average molecular weight is 313 g/mol. The van der Waals surface area contributed by atoms with Crippen molar-refractivity contribution in [2.45, 2.75) is 32.1 Å². The van der Waals surface area contributed by atoms with Gasteiger partial charge in [-0.2, -0.15) is 0 Å². The molecule has 1 aromatic heterocycles. The van der Waals surface area contributed by atoms with E-state index in [2.05, 4.69) is 9.97 Å². The molecule has 0 bridgehead atoms. The Labute approximate surface area is 127 Å². The van der Waals surface area contributed by atoms with E-state index in [-0.39, 0.29) is 17.5 Å². The SMILES string of the molecule is COC(=O)C(Cc1cnc(Cl)cn1)(C(=O)O)C1CCCC1. The van der Waals surface area contributed by atoms with E-state index in [1.54, 1.807) is 0 Å². The minimum Gasteiger partial charge on any atom is -0.480 e. The zero-order valence-corrected chi connectivity index (χ0v) is 12.5. The third-order valence-corrected chi connectivity index (χ3v) is 4.31. The fraction of sp³-hybridized carbons (Fsp3) is 0.571. The molecule has 0 radical (unpaired) electrons. The zero-order valence-electron chi connectivity index (χ0n) is 11.7. The molecule has 0 spiro atoms. The second kappa shape index (κ2) is 6.39. The molecule has 7 heteroatoms. The van der Waals surface area contributed by atoms with E-state index in [9.17, 15) is 14.7 Å². The number of carboxylic acids is 1. The first kappa shape index (κ1) is 15.7. The van der Waals surface area contributed by atoms with Crippen LogP contribution >= 0.6 is 11.6 Å². The molecule has 1 atom stereocenters. The van der Waals surface area contributed by atoms with E-state index < -0.39 is 17.4 Å². The monoisotopic (exact) mass is 312 g/mol. The molecule has 2 rings (SSSR count). The number of esters is 1. The van der Waals surface area contributed by atoms with Crippen LogP contribution < -0.4 is 0 Å². The Balaban J connectivity index is 2.40. The van der Waals surface area contributed by atoms with E-state index in [1.807, 2.05) is 0 Å². The standard InChI is InChI=1S/C14H17ClN2O4/c1-21-13(20)14(12(18)19,9-4-2-3-5-9)6-10-7-17-11(15)8-16-10/h7-9H,2-6H2,1H3,(H,18,19). The van der Waals surface area contributed by atoms with Gasteiger partial charge in [-0.1, -0.05) is 24.4 Å². The maximum Gasteiger partial charge on any atom is 0.323 e. The molecule has 1 unspecified atom stereocenters. The van der Waals surface area contributed by atoms with Crippen molar-refractivity contribution in [3.63, 3.8) is 0 Å². The third-order valence-electron chi connectivity index (χ3n) is 4.12. The lowest BCUT2D eigenvalue weighted by Gasteiger charge is -2.32. The summed E-state index contributed by atoms with van der Waals surface area (Å²) in [6.45, 7) is 0. The summed E-state index contributed by atoms with van der Waals surface area (Å²) < 4.78 is 4.79. The molecule has 0 aromatic carbocycles. The Morgan fingerprint density at radius 1 is 1.38 bits per heavy atom. The fourth-order valence-electron chi connectivity index (χ4n) is 3.04. The third kappa shape index (κ3) is 3.00. The van der Waals surface area contributed by atoms with Gasteiger partial charge >= 0.3 is 11.9 Å². The number of aliphatic carboxylic acids is 1. The maximum absolute atomic E-state index is 12.3. The highest BCUT2D eigenvalue weighted by molar-refractivity contribution is 6.29. The van der Waals surface area contributed by atoms with Gasteiger partial charge in [0.25, 0.3) is 0 Å². The number of carboxylic acid groups (broad SMARTS) is 1. The Kier molecular flexibility index (Phi) is 4.77. The largest absolute Gasteiger partial charge is 0.480 e. The van der Waals surface area contributed by atoms with Crippen LogP contribution in [0.1, 0.15) is 31.4 Å². The van der Waals surface area contributed by atoms with Crippen LogP contribution in [-0.2, 0) is 20.7 Å². The molecular formula is C14H17ClN2O4. The Morgan fingerprint density at radius 3 is 2.52 bits per heavy atom. The summed E-state index contributed by atoms with van der Waals surface area (Å²) >= 11 is 5.68. The minimum absolute atomic E-state index is 0.0379. The molecule has 114 valence electrons. The predicted octanol–water partition coefficient (Wildman–Crippen LogP) is 2.11. The van der Waals surface area contributed by atoms with Crippen LogP contribution in [0, 0.1) is 11.3 Å². The number of rotatable bonds is 5. The molecule has 1 heterocycles. The lowest BCUT2D eigenvalue weighted by atomic mass is 9.71. The van der Waals surface area contributed by atoms with E-state index >= 15 is 0 Å². The van der Waals surface area contributed by atoms with Crippen LogP contribution in [0.25, 0.3) is 0 Å². The van der Waals surface area contributed by atoms with Gasteiger partial charge in [-0.15, -0.1) is 0 Å². The topological polar surface area (TPSA) is 89.4 Å². The molecule has 0 amide bonds. The number of hydrogen-bond acceptors (Lipinski definition) is 5. The van der Waals surface area contributed by atoms with Crippen LogP contribution in [0.4, 0.5) is 0 Å². The van der Waals surface area contributed by atoms with Gasteiger partial charge in [0.2, 0.25) is 0 Å². The normalized spacial score (nSPS) is 18.2. The van der Waals surface area contributed by atoms with E-state index in [4.69, 9.17) is 16.3 Å². The summed E-state index contributed by atoms with van der Waals surface area (Å²) in [6, 6.07) is 0. The molecular weight excluding hydrogens is 296 g/mol. The molecule has 6 nitrogen and oxygen atoms in total. The van der Waals surface area contributed by atoms with Gasteiger partial charge in [0.1, 0.15) is 5.15 Å². The first-order valence-corrected chi connectivity index (χ1v) is 7.16. The van der Waals surface area contributed by atoms with E-state index in [1.165, 1.54) is 19.5 Å². The molecule has 0 saturated heterocycles. The number of carbonyl (C=O) groups excluding carboxylic acids is 1. The number of hydrogen-bond donors (Lipinski definition) is 1. The lowest BCUT2D eigenvalue weighted by molar-refractivity contribution is -0.171. The van der Waals surface area contributed by atoms with Crippen LogP contribution in [0.5, 0.6) is 0 Å². The van der Waals surface area contributed by atoms with Crippen molar-refractivity contribution in [3.8, 4) is 0 Å². The van der Waals surface area contributed by atoms with Gasteiger partial charge in [0.15, 0.2) is 5.41 Å². The smallest absolute Gasteiger partial charge is 0.323 e. The second-order valence-corrected chi connectivity index (χ2v) is 5.64. The van der Waals surface area contributed by atoms with Crippen molar-refractivity contribution in [3.05, 3.63) is 23.2 Å². The number of nitrogens with zero attached hydrogens (tertiary/aromatic N) is 2. The maximum atomic E-state index is 12.3. The van der Waals surface area contributed by atoms with Crippen LogP contribution in [0.2, 0.25) is 5.15 Å². The number of carbonyl (C=O) groups is 2. The van der Waals surface area contributed by atoms with Crippen molar-refractivity contribution in [1.82, 2.24) is 9.97 Å². The van der Waals surface area contributed by atoms with Gasteiger partial charge in [-0.3, -0.25) is 14.6 Å². The Morgan fingerprint density at radius 2 is 2.05 bits per heavy atom. The molecule has 1 aliphatic carbocycles. The first-order valence-electron chi connectivity index (χ1n) is 6.79. The molecule has 21 heavy (non-hydrogen) atoms. The number of ether oxygens (including phenoxy) is 1. The lowest BCUT2D eigenvalue weighted by Crippen LogP contribution is -2.47. The number of halogens is 1. The summed E-state index contributed by atoms with van der Waals surface area (Å²) in [7, 11) is 1.21. The zero-order chi connectivity index (χ0) is 15.5. The molecule has 1 N–H and O–H groups in total. The molecule has 1 aliphatic rings. The van der Waals surface area contributed by atoms with Crippen molar-refractivity contribution >= 4 is 23.5 Å². The van der Waals surface area contributed by atoms with Crippen LogP contribution in [0.3, 0.4) is 0 Å². The first-order chi connectivity index (χ1) is 10.0. The van der Waals surface area contributed by atoms with Crippen molar-refractivity contribution in [1.29, 1.82) is 0 Å². The summed E-state index contributed by atoms with van der Waals surface area (Å²) in [5, 5.41) is 9.95. The van der Waals surface area contributed by atoms with Gasteiger partial charge < -0.3 is 9.84 Å². The molecule has 1 aromatic rings. The van der Waals surface area contributed by atoms with E-state index in [0.717, 1.165) is 12.8 Å². The fourth-order valence-corrected chi connectivity index (χ4v) is 3.14. The summed E-state index contributed by atoms with van der Waals surface area (Å²) in [5.41, 5.74) is -1.19. The summed E-state index contributed by atoms with van der Waals surface area (Å²) in [5.74, 6) is -2.14. The van der Waals surface area contributed by atoms with Crippen molar-refractivity contribution < 1.29 is 19.4 Å². The van der Waals surface area contributed by atoms with Crippen molar-refractivity contribution in [2.24, 2.45) is 11.3 Å². The molecule has 1 fully saturated rings. The average Bonchev–Trinajstić information content (AvgIpc) is 3.00. The number of aromatic nitrogens is 2. The Bertz CT molecular complexity index is 528. The highest BCUT2D eigenvalue weighted by atomic mass is 35.5. The second-order valence-electron chi connectivity index (χ2n) is 5.26. The van der Waals surface area contributed by atoms with Gasteiger partial charge in [0, 0.05) is 6.42 Å². The van der Waals surface area contributed by atoms with Gasteiger partial charge in [-0.25, -0.2) is 4.98 Å². The van der Waals surface area contributed by atoms with Crippen molar-refractivity contribution in [2.75, 3.05) is 7.11 Å². The van der Waals surface area contributed by atoms with Crippen LogP contribution in [0.15, 0.2) is 12.4 Å². The highest BCUT2D eigenvalue weighted by Gasteiger charge is 2.54. The Hall–Kier alpha value is -1.69. The predicted molar refractivity (Wildman–Crippen MR) is 74.8 cm³/mol. The molecule has 0 aliphatic heterocycles. The van der Waals surface area contributed by atoms with Gasteiger partial charge in [0.05, 0.1) is 25.2 Å².